The van der Waals surface area contributed by atoms with Crippen LogP contribution >= 0.6 is 58.0 Å². The van der Waals surface area contributed by atoms with E-state index in [2.05, 4.69) is 9.71 Å². The molecule has 0 aliphatic rings. The van der Waals surface area contributed by atoms with Gasteiger partial charge in [0.25, 0.3) is 0 Å². The van der Waals surface area contributed by atoms with Crippen LogP contribution in [0.3, 0.4) is 0 Å². The summed E-state index contributed by atoms with van der Waals surface area (Å²) in [4.78, 5) is 4.00. The molecule has 3 N–H and O–H groups in total. The summed E-state index contributed by atoms with van der Waals surface area (Å²) in [5.41, 5.74) is 6.10. The van der Waals surface area contributed by atoms with Gasteiger partial charge in [-0.25, -0.2) is 4.98 Å². The van der Waals surface area contributed by atoms with Crippen molar-refractivity contribution in [1.82, 2.24) is 9.71 Å². The number of hydrogen-bond donors (Lipinski definition) is 2. The monoisotopic (exact) mass is 505 g/mol. The second kappa shape index (κ2) is 9.20. The van der Waals surface area contributed by atoms with Crippen LogP contribution in [0.4, 0.5) is 0 Å². The van der Waals surface area contributed by atoms with Crippen LogP contribution in [0, 0.1) is 0 Å². The molecule has 1 aromatic carbocycles. The van der Waals surface area contributed by atoms with Gasteiger partial charge in [0, 0.05) is 11.2 Å². The van der Waals surface area contributed by atoms with Gasteiger partial charge in [0.1, 0.15) is 11.8 Å². The van der Waals surface area contributed by atoms with E-state index in [9.17, 15) is 8.42 Å². The summed E-state index contributed by atoms with van der Waals surface area (Å²) in [6, 6.07) is 8.92. The minimum Gasteiger partial charge on any atom is -0.322 e. The zero-order valence-corrected chi connectivity index (χ0v) is 19.0. The molecule has 2 aromatic rings. The Labute approximate surface area is 188 Å². The lowest BCUT2D eigenvalue weighted by Gasteiger charge is -2.36. The third-order valence-electron chi connectivity index (χ3n) is 3.89. The first kappa shape index (κ1) is 23.9. The number of alkyl halides is 3. The molecule has 0 spiro atoms. The normalized spacial score (nSPS) is 15.8. The lowest BCUT2D eigenvalue weighted by molar-refractivity contribution is 0.283. The van der Waals surface area contributed by atoms with Crippen molar-refractivity contribution in [3.63, 3.8) is 0 Å². The highest BCUT2D eigenvalue weighted by Crippen LogP contribution is 2.35. The van der Waals surface area contributed by atoms with Crippen molar-refractivity contribution < 1.29 is 12.6 Å². The number of nitrogens with zero attached hydrogens (tertiary/aromatic N) is 1. The van der Waals surface area contributed by atoms with Gasteiger partial charge in [0.2, 0.25) is 3.79 Å². The van der Waals surface area contributed by atoms with Crippen molar-refractivity contribution in [1.29, 1.82) is 0 Å². The topological polar surface area (TPSA) is 94.3 Å². The highest BCUT2D eigenvalue weighted by atomic mass is 35.6. The van der Waals surface area contributed by atoms with Crippen molar-refractivity contribution >= 4 is 68.3 Å². The van der Waals surface area contributed by atoms with E-state index < -0.39 is 32.3 Å². The van der Waals surface area contributed by atoms with Crippen LogP contribution in [-0.2, 0) is 20.0 Å². The van der Waals surface area contributed by atoms with Crippen LogP contribution in [0.25, 0.3) is 0 Å². The molecule has 0 bridgehead atoms. The third kappa shape index (κ3) is 6.58. The average Bonchev–Trinajstić information content (AvgIpc) is 2.60. The quantitative estimate of drug-likeness (QED) is 0.424. The van der Waals surface area contributed by atoms with E-state index >= 15 is 0 Å². The highest BCUT2D eigenvalue weighted by Gasteiger charge is 2.40. The summed E-state index contributed by atoms with van der Waals surface area (Å²) in [5.74, 6) is 0. The lowest BCUT2D eigenvalue weighted by atomic mass is 9.83. The number of nitrogens with two attached hydrogens (primary N) is 1. The molecule has 0 amide bonds. The number of rotatable bonds is 7. The zero-order chi connectivity index (χ0) is 21.2. The van der Waals surface area contributed by atoms with E-state index in [4.69, 9.17) is 67.9 Å². The van der Waals surface area contributed by atoms with Gasteiger partial charge in [0.15, 0.2) is 0 Å². The van der Waals surface area contributed by atoms with E-state index in [0.29, 0.717) is 16.1 Å². The number of pyridine rings is 1. The van der Waals surface area contributed by atoms with Gasteiger partial charge in [-0.05, 0) is 36.2 Å². The second-order valence-electron chi connectivity index (χ2n) is 6.03. The molecule has 0 saturated heterocycles. The van der Waals surface area contributed by atoms with Crippen LogP contribution in [0.1, 0.15) is 24.1 Å². The lowest BCUT2D eigenvalue weighted by Crippen LogP contribution is -2.51. The van der Waals surface area contributed by atoms with E-state index in [1.54, 1.807) is 37.3 Å². The Kier molecular flexibility index (Phi) is 7.86. The summed E-state index contributed by atoms with van der Waals surface area (Å²) >= 11 is 28.5. The van der Waals surface area contributed by atoms with E-state index in [1.165, 1.54) is 12.3 Å². The first-order valence-corrected chi connectivity index (χ1v) is 11.0. The Morgan fingerprint density at radius 3 is 2.25 bits per heavy atom. The van der Waals surface area contributed by atoms with Gasteiger partial charge in [0.05, 0.1) is 11.6 Å². The van der Waals surface area contributed by atoms with Crippen molar-refractivity contribution in [3.8, 4) is 0 Å². The number of benzene rings is 1. The fourth-order valence-corrected chi connectivity index (χ4v) is 4.17. The maximum atomic E-state index is 12.5. The van der Waals surface area contributed by atoms with Crippen molar-refractivity contribution in [2.75, 3.05) is 6.61 Å². The van der Waals surface area contributed by atoms with Crippen LogP contribution in [-0.4, -0.2) is 23.8 Å². The third-order valence-corrected chi connectivity index (χ3v) is 5.80. The van der Waals surface area contributed by atoms with E-state index in [0.717, 1.165) is 0 Å². The molecule has 6 nitrogen and oxygen atoms in total. The summed E-state index contributed by atoms with van der Waals surface area (Å²) in [7, 11) is -4.36. The molecular weight excluding hydrogens is 492 g/mol. The van der Waals surface area contributed by atoms with Crippen LogP contribution in [0.2, 0.25) is 10.2 Å². The van der Waals surface area contributed by atoms with Crippen LogP contribution in [0.5, 0.6) is 0 Å². The first-order valence-electron chi connectivity index (χ1n) is 7.70. The fraction of sp³-hybridized carbons (Fsp3) is 0.312. The standard InChI is InChI=1S/C16H16Cl5N3O3S/c1-15(11-4-7-13(18)23-8-11,14(22)10-2-5-12(17)6-3-10)24-28(25,26)27-9-16(19,20)21/h2-8,14,24H,9,22H2,1H3. The summed E-state index contributed by atoms with van der Waals surface area (Å²) < 4.78 is 30.3. The highest BCUT2D eigenvalue weighted by molar-refractivity contribution is 7.84. The van der Waals surface area contributed by atoms with Crippen LogP contribution < -0.4 is 10.5 Å². The minimum atomic E-state index is -4.36. The number of halogens is 5. The second-order valence-corrected chi connectivity index (χ2v) is 10.7. The first-order chi connectivity index (χ1) is 12.8. The molecule has 154 valence electrons. The van der Waals surface area contributed by atoms with Gasteiger partial charge in [-0.15, -0.1) is 0 Å². The fourth-order valence-electron chi connectivity index (χ4n) is 2.42. The molecular formula is C16H16Cl5N3O3S. The molecule has 0 saturated carbocycles. The molecule has 2 rings (SSSR count). The zero-order valence-electron chi connectivity index (χ0n) is 14.4. The van der Waals surface area contributed by atoms with Crippen molar-refractivity contribution in [2.24, 2.45) is 5.73 Å². The van der Waals surface area contributed by atoms with Crippen molar-refractivity contribution in [2.45, 2.75) is 22.3 Å². The molecule has 0 radical (unpaired) electrons. The maximum absolute atomic E-state index is 12.5. The molecule has 2 unspecified atom stereocenters. The Hall–Kier alpha value is -0.350. The van der Waals surface area contributed by atoms with Gasteiger partial charge in [-0.1, -0.05) is 76.2 Å². The number of aromatic nitrogens is 1. The SMILES string of the molecule is CC(NS(=O)(=O)OCC(Cl)(Cl)Cl)(c1ccc(Cl)nc1)C(N)c1ccc(Cl)cc1. The van der Waals surface area contributed by atoms with Gasteiger partial charge < -0.3 is 5.73 Å². The molecule has 0 aliphatic carbocycles. The largest absolute Gasteiger partial charge is 0.336 e. The molecule has 1 aromatic heterocycles. The van der Waals surface area contributed by atoms with Crippen molar-refractivity contribution in [3.05, 3.63) is 63.9 Å². The molecule has 28 heavy (non-hydrogen) atoms. The minimum absolute atomic E-state index is 0.237. The van der Waals surface area contributed by atoms with Gasteiger partial charge in [-0.3, -0.25) is 4.18 Å². The Bertz CT molecular complexity index is 905. The molecule has 2 atom stereocenters. The van der Waals surface area contributed by atoms with Gasteiger partial charge in [-0.2, -0.15) is 13.1 Å². The summed E-state index contributed by atoms with van der Waals surface area (Å²) in [6.45, 7) is 0.894. The smallest absolute Gasteiger partial charge is 0.322 e. The Morgan fingerprint density at radius 1 is 1.14 bits per heavy atom. The number of hydrogen-bond acceptors (Lipinski definition) is 5. The summed E-state index contributed by atoms with van der Waals surface area (Å²) in [5, 5.41) is 0.749. The molecule has 0 aliphatic heterocycles. The molecule has 0 fully saturated rings. The predicted octanol–water partition coefficient (Wildman–Crippen LogP) is 4.52. The summed E-state index contributed by atoms with van der Waals surface area (Å²) in [6.07, 6.45) is 1.41. The van der Waals surface area contributed by atoms with Gasteiger partial charge >= 0.3 is 10.3 Å². The van der Waals surface area contributed by atoms with E-state index in [1.807, 2.05) is 0 Å². The molecule has 1 heterocycles. The van der Waals surface area contributed by atoms with E-state index in [-0.39, 0.29) is 5.15 Å². The van der Waals surface area contributed by atoms with Crippen LogP contribution in [0.15, 0.2) is 42.6 Å². The Morgan fingerprint density at radius 2 is 1.75 bits per heavy atom. The average molecular weight is 508 g/mol. The number of nitrogens with one attached hydrogen (secondary N) is 1. The Balaban J connectivity index is 2.44. The molecule has 12 heteroatoms. The maximum Gasteiger partial charge on any atom is 0.336 e. The predicted molar refractivity (Wildman–Crippen MR) is 113 cm³/mol.